The van der Waals surface area contributed by atoms with Crippen molar-refractivity contribution >= 4 is 39.2 Å². The molecule has 3 aromatic rings. The van der Waals surface area contributed by atoms with Crippen molar-refractivity contribution in [2.45, 2.75) is 48.0 Å². The van der Waals surface area contributed by atoms with E-state index in [1.807, 2.05) is 0 Å². The Labute approximate surface area is 244 Å². The number of nitrogens with one attached hydrogen (secondary N) is 1. The fourth-order valence-electron chi connectivity index (χ4n) is 5.85. The predicted octanol–water partition coefficient (Wildman–Crippen LogP) is 6.04. The SMILES string of the molecule is O=C(Nc1cc(F)c(F)c(F)c1)c1ccc(Cl)c(S(=O)(=O)[C@H]2C3CC[C@H]2C[C@](O)(/C=N/OCc2ccc(F)cc2)C3)c1. The molecule has 2 fully saturated rings. The van der Waals surface area contributed by atoms with Crippen LogP contribution in [0.3, 0.4) is 0 Å². The van der Waals surface area contributed by atoms with Crippen LogP contribution in [0.2, 0.25) is 5.02 Å². The third-order valence-corrected chi connectivity index (χ3v) is 10.6. The van der Waals surface area contributed by atoms with Gasteiger partial charge in [-0.15, -0.1) is 0 Å². The summed E-state index contributed by atoms with van der Waals surface area (Å²) in [6, 6.07) is 10.4. The van der Waals surface area contributed by atoms with Crippen LogP contribution in [0.4, 0.5) is 23.2 Å². The summed E-state index contributed by atoms with van der Waals surface area (Å²) < 4.78 is 81.2. The number of nitrogens with zero attached hydrogens (tertiary/aromatic N) is 1. The van der Waals surface area contributed by atoms with Crippen molar-refractivity contribution in [3.05, 3.63) is 94.0 Å². The summed E-state index contributed by atoms with van der Waals surface area (Å²) in [6.07, 6.45) is 2.57. The quantitative estimate of drug-likeness (QED) is 0.138. The van der Waals surface area contributed by atoms with Crippen molar-refractivity contribution < 1.29 is 40.7 Å². The van der Waals surface area contributed by atoms with E-state index >= 15 is 0 Å². The molecule has 2 N–H and O–H groups in total. The van der Waals surface area contributed by atoms with Crippen LogP contribution in [0.25, 0.3) is 0 Å². The maximum atomic E-state index is 13.9. The van der Waals surface area contributed by atoms with E-state index in [9.17, 15) is 35.9 Å². The number of aliphatic hydroxyl groups is 1. The van der Waals surface area contributed by atoms with Crippen molar-refractivity contribution in [1.29, 1.82) is 0 Å². The number of amides is 1. The van der Waals surface area contributed by atoms with Gasteiger partial charge in [0.25, 0.3) is 5.91 Å². The number of hydrogen-bond donors (Lipinski definition) is 2. The molecule has 0 spiro atoms. The van der Waals surface area contributed by atoms with Gasteiger partial charge in [-0.3, -0.25) is 4.79 Å². The van der Waals surface area contributed by atoms with E-state index in [0.717, 1.165) is 6.07 Å². The standard InChI is InChI=1S/C29H25ClF4N2O5S/c30-22-8-5-17(28(37)36-21-10-23(32)26(34)24(33)11-21)9-25(22)42(39,40)27-18-3-4-19(27)13-29(38,12-18)15-35-41-14-16-1-6-20(31)7-2-16/h1-2,5-11,15,18-19,27,38H,3-4,12-14H2,(H,36,37)/b35-15+/t18-,19?,27+,29+/m0/s1. The minimum Gasteiger partial charge on any atom is -0.391 e. The van der Waals surface area contributed by atoms with Gasteiger partial charge in [0.05, 0.1) is 21.4 Å². The minimum absolute atomic E-state index is 0.0597. The average Bonchev–Trinajstić information content (AvgIpc) is 3.24. The summed E-state index contributed by atoms with van der Waals surface area (Å²) in [6.45, 7) is 0.0597. The first-order valence-corrected chi connectivity index (χ1v) is 14.9. The number of benzene rings is 3. The normalized spacial score (nSPS) is 23.7. The molecular formula is C29H25ClF4N2O5S. The summed E-state index contributed by atoms with van der Waals surface area (Å²) in [5.41, 5.74) is -1.22. The molecule has 0 aromatic heterocycles. The highest BCUT2D eigenvalue weighted by Crippen LogP contribution is 2.51. The minimum atomic E-state index is -4.09. The molecule has 0 saturated heterocycles. The van der Waals surface area contributed by atoms with Crippen LogP contribution in [0.15, 0.2) is 64.6 Å². The maximum absolute atomic E-state index is 13.9. The molecule has 222 valence electrons. The second kappa shape index (κ2) is 11.7. The van der Waals surface area contributed by atoms with Gasteiger partial charge in [0, 0.05) is 23.4 Å². The summed E-state index contributed by atoms with van der Waals surface area (Å²) >= 11 is 6.28. The second-order valence-electron chi connectivity index (χ2n) is 10.6. The molecule has 3 aromatic carbocycles. The van der Waals surface area contributed by atoms with Crippen molar-refractivity contribution in [3.8, 4) is 0 Å². The molecule has 13 heteroatoms. The molecule has 2 bridgehead atoms. The van der Waals surface area contributed by atoms with Crippen LogP contribution in [0, 0.1) is 35.1 Å². The summed E-state index contributed by atoms with van der Waals surface area (Å²) in [4.78, 5) is 17.7. The van der Waals surface area contributed by atoms with Gasteiger partial charge in [0.2, 0.25) is 0 Å². The Morgan fingerprint density at radius 3 is 2.26 bits per heavy atom. The first-order valence-electron chi connectivity index (χ1n) is 13.0. The Bertz CT molecular complexity index is 1620. The highest BCUT2D eigenvalue weighted by atomic mass is 35.5. The molecule has 42 heavy (non-hydrogen) atoms. The summed E-state index contributed by atoms with van der Waals surface area (Å²) in [5.74, 6) is -6.81. The number of sulfone groups is 1. The molecule has 2 saturated carbocycles. The monoisotopic (exact) mass is 624 g/mol. The van der Waals surface area contributed by atoms with Gasteiger partial charge in [0.1, 0.15) is 18.0 Å². The molecule has 4 atom stereocenters. The lowest BCUT2D eigenvalue weighted by atomic mass is 9.78. The van der Waals surface area contributed by atoms with Crippen LogP contribution in [0.1, 0.15) is 41.6 Å². The fourth-order valence-corrected chi connectivity index (χ4v) is 8.69. The number of fused-ring (bicyclic) bond motifs is 2. The molecule has 0 heterocycles. The Morgan fingerprint density at radius 2 is 1.64 bits per heavy atom. The molecular weight excluding hydrogens is 600 g/mol. The van der Waals surface area contributed by atoms with Gasteiger partial charge in [-0.25, -0.2) is 26.0 Å². The highest BCUT2D eigenvalue weighted by Gasteiger charge is 2.54. The lowest BCUT2D eigenvalue weighted by molar-refractivity contribution is 0.0411. The largest absolute Gasteiger partial charge is 0.391 e. The van der Waals surface area contributed by atoms with E-state index in [1.54, 1.807) is 12.1 Å². The van der Waals surface area contributed by atoms with Crippen molar-refractivity contribution in [1.82, 2.24) is 0 Å². The van der Waals surface area contributed by atoms with E-state index < -0.39 is 55.9 Å². The second-order valence-corrected chi connectivity index (χ2v) is 13.1. The lowest BCUT2D eigenvalue weighted by Gasteiger charge is -2.38. The third-order valence-electron chi connectivity index (χ3n) is 7.68. The van der Waals surface area contributed by atoms with Gasteiger partial charge in [0.15, 0.2) is 27.3 Å². The van der Waals surface area contributed by atoms with Crippen molar-refractivity contribution in [2.75, 3.05) is 5.32 Å². The highest BCUT2D eigenvalue weighted by molar-refractivity contribution is 7.92. The van der Waals surface area contributed by atoms with E-state index in [-0.39, 0.29) is 46.4 Å². The smallest absolute Gasteiger partial charge is 0.255 e. The van der Waals surface area contributed by atoms with Crippen LogP contribution in [-0.2, 0) is 21.3 Å². The predicted molar refractivity (Wildman–Crippen MR) is 147 cm³/mol. The summed E-state index contributed by atoms with van der Waals surface area (Å²) in [7, 11) is -4.09. The van der Waals surface area contributed by atoms with Gasteiger partial charge in [-0.2, -0.15) is 0 Å². The zero-order valence-electron chi connectivity index (χ0n) is 21.9. The number of halogens is 5. The number of oxime groups is 1. The first kappa shape index (κ1) is 30.0. The Hall–Kier alpha value is -3.48. The van der Waals surface area contributed by atoms with E-state index in [0.29, 0.717) is 30.5 Å². The number of rotatable bonds is 8. The van der Waals surface area contributed by atoms with E-state index in [1.165, 1.54) is 30.5 Å². The Balaban J connectivity index is 1.30. The van der Waals surface area contributed by atoms with E-state index in [2.05, 4.69) is 10.5 Å². The number of carbonyl (C=O) groups is 1. The van der Waals surface area contributed by atoms with Crippen molar-refractivity contribution in [2.24, 2.45) is 17.0 Å². The molecule has 0 radical (unpaired) electrons. The molecule has 1 unspecified atom stereocenters. The van der Waals surface area contributed by atoms with Crippen LogP contribution in [0.5, 0.6) is 0 Å². The summed E-state index contributed by atoms with van der Waals surface area (Å²) in [5, 5.41) is 16.3. The molecule has 7 nitrogen and oxygen atoms in total. The van der Waals surface area contributed by atoms with Gasteiger partial charge >= 0.3 is 0 Å². The number of carbonyl (C=O) groups excluding carboxylic acids is 1. The molecule has 2 aliphatic carbocycles. The molecule has 5 rings (SSSR count). The fraction of sp³-hybridized carbons (Fsp3) is 0.310. The topological polar surface area (TPSA) is 105 Å². The maximum Gasteiger partial charge on any atom is 0.255 e. The Morgan fingerprint density at radius 1 is 1.02 bits per heavy atom. The van der Waals surface area contributed by atoms with Gasteiger partial charge in [-0.05, 0) is 73.4 Å². The first-order chi connectivity index (χ1) is 19.9. The van der Waals surface area contributed by atoms with E-state index in [4.69, 9.17) is 16.4 Å². The van der Waals surface area contributed by atoms with Gasteiger partial charge < -0.3 is 15.3 Å². The average molecular weight is 625 g/mol. The molecule has 2 aliphatic rings. The van der Waals surface area contributed by atoms with Gasteiger partial charge in [-0.1, -0.05) is 28.9 Å². The third kappa shape index (κ3) is 6.16. The lowest BCUT2D eigenvalue weighted by Crippen LogP contribution is -2.47. The van der Waals surface area contributed by atoms with Crippen LogP contribution in [-0.4, -0.2) is 36.5 Å². The van der Waals surface area contributed by atoms with Crippen molar-refractivity contribution in [3.63, 3.8) is 0 Å². The zero-order chi connectivity index (χ0) is 30.2. The number of hydrogen-bond acceptors (Lipinski definition) is 6. The Kier molecular flexibility index (Phi) is 8.32. The molecule has 0 aliphatic heterocycles. The van der Waals surface area contributed by atoms with Crippen LogP contribution >= 0.6 is 11.6 Å². The van der Waals surface area contributed by atoms with Crippen LogP contribution < -0.4 is 5.32 Å². The number of anilines is 1. The molecule has 1 amide bonds. The zero-order valence-corrected chi connectivity index (χ0v) is 23.4.